The molecule has 0 N–H and O–H groups in total. The minimum Gasteiger partial charge on any atom is -0.476 e. The number of pyridine rings is 2. The second-order valence-electron chi connectivity index (χ2n) is 7.28. The molecule has 0 unspecified atom stereocenters. The van der Waals surface area contributed by atoms with Crippen LogP contribution in [0.2, 0.25) is 0 Å². The van der Waals surface area contributed by atoms with Gasteiger partial charge >= 0.3 is 0 Å². The second kappa shape index (κ2) is 7.68. The van der Waals surface area contributed by atoms with Gasteiger partial charge in [0.1, 0.15) is 0 Å². The van der Waals surface area contributed by atoms with Gasteiger partial charge in [-0.2, -0.15) is 0 Å². The molecular formula is C20H24FN3O2. The summed E-state index contributed by atoms with van der Waals surface area (Å²) < 4.78 is 25.2. The van der Waals surface area contributed by atoms with Crippen molar-refractivity contribution in [3.63, 3.8) is 0 Å². The Labute approximate surface area is 153 Å². The van der Waals surface area contributed by atoms with Crippen LogP contribution in [0, 0.1) is 11.7 Å². The molecule has 0 amide bonds. The van der Waals surface area contributed by atoms with Gasteiger partial charge in [0.25, 0.3) is 0 Å². The van der Waals surface area contributed by atoms with E-state index in [1.807, 2.05) is 18.3 Å². The van der Waals surface area contributed by atoms with Gasteiger partial charge in [0.2, 0.25) is 5.88 Å². The lowest BCUT2D eigenvalue weighted by Gasteiger charge is -2.53. The van der Waals surface area contributed by atoms with Gasteiger partial charge in [-0.05, 0) is 49.4 Å². The number of ether oxygens (including phenoxy) is 2. The molecule has 0 bridgehead atoms. The highest BCUT2D eigenvalue weighted by atomic mass is 19.1. The van der Waals surface area contributed by atoms with Gasteiger partial charge < -0.3 is 9.47 Å². The summed E-state index contributed by atoms with van der Waals surface area (Å²) in [5, 5.41) is 0. The Hall–Kier alpha value is -2.05. The first-order chi connectivity index (χ1) is 12.7. The minimum atomic E-state index is -0.403. The summed E-state index contributed by atoms with van der Waals surface area (Å²) in [6, 6.07) is 8.96. The second-order valence-corrected chi connectivity index (χ2v) is 7.28. The first kappa shape index (κ1) is 17.4. The molecule has 5 nitrogen and oxygen atoms in total. The molecule has 0 aliphatic carbocycles. The molecular weight excluding hydrogens is 333 g/mol. The van der Waals surface area contributed by atoms with Crippen LogP contribution in [0.25, 0.3) is 0 Å². The van der Waals surface area contributed by atoms with Gasteiger partial charge in [-0.15, -0.1) is 0 Å². The highest BCUT2D eigenvalue weighted by molar-refractivity contribution is 5.12. The third-order valence-corrected chi connectivity index (χ3v) is 5.22. The fraction of sp³-hybridized carbons (Fsp3) is 0.500. The van der Waals surface area contributed by atoms with Gasteiger partial charge in [0.05, 0.1) is 17.9 Å². The molecule has 0 aromatic carbocycles. The molecule has 2 aromatic rings. The van der Waals surface area contributed by atoms with Crippen LogP contribution in [0.1, 0.15) is 25.0 Å². The average molecular weight is 357 g/mol. The average Bonchev–Trinajstić information content (AvgIpc) is 2.63. The molecule has 2 aliphatic heterocycles. The van der Waals surface area contributed by atoms with Crippen molar-refractivity contribution >= 4 is 0 Å². The fourth-order valence-corrected chi connectivity index (χ4v) is 4.00. The van der Waals surface area contributed by atoms with Crippen molar-refractivity contribution in [2.75, 3.05) is 26.3 Å². The van der Waals surface area contributed by atoms with Crippen LogP contribution in [0.5, 0.6) is 5.88 Å². The lowest BCUT2D eigenvalue weighted by atomic mass is 9.79. The van der Waals surface area contributed by atoms with Crippen molar-refractivity contribution in [3.05, 3.63) is 54.2 Å². The van der Waals surface area contributed by atoms with Crippen LogP contribution in [0.3, 0.4) is 0 Å². The summed E-state index contributed by atoms with van der Waals surface area (Å²) in [6.07, 6.45) is 6.37. The van der Waals surface area contributed by atoms with E-state index in [-0.39, 0.29) is 11.5 Å². The Bertz CT molecular complexity index is 722. The molecule has 1 spiro atoms. The molecule has 2 fully saturated rings. The van der Waals surface area contributed by atoms with E-state index in [1.54, 1.807) is 12.3 Å². The van der Waals surface area contributed by atoms with E-state index < -0.39 is 5.82 Å². The number of halogens is 1. The van der Waals surface area contributed by atoms with Crippen LogP contribution < -0.4 is 4.74 Å². The third-order valence-electron chi connectivity index (χ3n) is 5.22. The number of hydrogen-bond acceptors (Lipinski definition) is 5. The van der Waals surface area contributed by atoms with E-state index in [1.165, 1.54) is 6.07 Å². The van der Waals surface area contributed by atoms with Crippen LogP contribution in [0.4, 0.5) is 4.39 Å². The lowest BCUT2D eigenvalue weighted by Crippen LogP contribution is -2.64. The molecule has 138 valence electrons. The predicted octanol–water partition coefficient (Wildman–Crippen LogP) is 3.07. The van der Waals surface area contributed by atoms with Crippen molar-refractivity contribution in [3.8, 4) is 5.88 Å². The molecule has 1 atom stereocenters. The van der Waals surface area contributed by atoms with E-state index in [9.17, 15) is 4.39 Å². The van der Waals surface area contributed by atoms with E-state index in [0.29, 0.717) is 12.5 Å². The van der Waals surface area contributed by atoms with Crippen molar-refractivity contribution in [2.24, 2.45) is 5.92 Å². The maximum Gasteiger partial charge on any atom is 0.250 e. The SMILES string of the molecule is Fc1cccnc1OCC[C@@H]1CCOC2(C1)CN(Cc1ccccn1)C2. The number of likely N-dealkylation sites (tertiary alicyclic amines) is 1. The van der Waals surface area contributed by atoms with E-state index >= 15 is 0 Å². The highest BCUT2D eigenvalue weighted by Crippen LogP contribution is 2.38. The van der Waals surface area contributed by atoms with E-state index in [4.69, 9.17) is 9.47 Å². The Morgan fingerprint density at radius 2 is 2.08 bits per heavy atom. The monoisotopic (exact) mass is 357 g/mol. The normalized spacial score (nSPS) is 22.1. The Kier molecular flexibility index (Phi) is 5.13. The molecule has 2 aromatic heterocycles. The summed E-state index contributed by atoms with van der Waals surface area (Å²) in [4.78, 5) is 10.7. The Morgan fingerprint density at radius 1 is 1.19 bits per heavy atom. The van der Waals surface area contributed by atoms with Gasteiger partial charge in [-0.25, -0.2) is 9.37 Å². The van der Waals surface area contributed by atoms with E-state index in [2.05, 4.69) is 20.9 Å². The maximum absolute atomic E-state index is 13.5. The third kappa shape index (κ3) is 4.02. The number of hydrogen-bond donors (Lipinski definition) is 0. The quantitative estimate of drug-likeness (QED) is 0.795. The van der Waals surface area contributed by atoms with Gasteiger partial charge in [-0.1, -0.05) is 6.07 Å². The maximum atomic E-state index is 13.5. The number of aromatic nitrogens is 2. The number of rotatable bonds is 6. The van der Waals surface area contributed by atoms with Crippen molar-refractivity contribution < 1.29 is 13.9 Å². The topological polar surface area (TPSA) is 47.5 Å². The molecule has 2 aliphatic rings. The zero-order valence-corrected chi connectivity index (χ0v) is 14.8. The Morgan fingerprint density at radius 3 is 2.88 bits per heavy atom. The van der Waals surface area contributed by atoms with Gasteiger partial charge in [0, 0.05) is 38.6 Å². The summed E-state index contributed by atoms with van der Waals surface area (Å²) in [5.74, 6) is 0.243. The molecule has 4 rings (SSSR count). The Balaban J connectivity index is 1.23. The highest BCUT2D eigenvalue weighted by Gasteiger charge is 2.47. The molecule has 0 saturated carbocycles. The molecule has 4 heterocycles. The first-order valence-corrected chi connectivity index (χ1v) is 9.22. The summed E-state index contributed by atoms with van der Waals surface area (Å²) in [5.41, 5.74) is 1.08. The van der Waals surface area contributed by atoms with Crippen LogP contribution in [-0.4, -0.2) is 46.8 Å². The minimum absolute atomic E-state index is 0.0199. The predicted molar refractivity (Wildman–Crippen MR) is 95.2 cm³/mol. The molecule has 26 heavy (non-hydrogen) atoms. The first-order valence-electron chi connectivity index (χ1n) is 9.22. The standard InChI is InChI=1S/C20H24FN3O2/c21-18-5-3-9-23-19(18)25-10-6-16-7-11-26-20(12-16)14-24(15-20)13-17-4-1-2-8-22-17/h1-5,8-9,16H,6-7,10-15H2/t16-/m1/s1. The van der Waals surface area contributed by atoms with Crippen LogP contribution in [-0.2, 0) is 11.3 Å². The zero-order valence-electron chi connectivity index (χ0n) is 14.8. The molecule has 2 saturated heterocycles. The fourth-order valence-electron chi connectivity index (χ4n) is 4.00. The smallest absolute Gasteiger partial charge is 0.250 e. The summed E-state index contributed by atoms with van der Waals surface area (Å²) >= 11 is 0. The molecule has 6 heteroatoms. The van der Waals surface area contributed by atoms with Gasteiger partial charge in [0.15, 0.2) is 5.82 Å². The van der Waals surface area contributed by atoms with Crippen molar-refractivity contribution in [2.45, 2.75) is 31.4 Å². The molecule has 0 radical (unpaired) electrons. The lowest BCUT2D eigenvalue weighted by molar-refractivity contribution is -0.182. The van der Waals surface area contributed by atoms with E-state index in [0.717, 1.165) is 51.2 Å². The zero-order chi connectivity index (χ0) is 17.8. The summed E-state index contributed by atoms with van der Waals surface area (Å²) in [6.45, 7) is 4.07. The summed E-state index contributed by atoms with van der Waals surface area (Å²) in [7, 11) is 0. The van der Waals surface area contributed by atoms with Gasteiger partial charge in [-0.3, -0.25) is 9.88 Å². The van der Waals surface area contributed by atoms with Crippen molar-refractivity contribution in [1.29, 1.82) is 0 Å². The van der Waals surface area contributed by atoms with Crippen LogP contribution in [0.15, 0.2) is 42.7 Å². The van der Waals surface area contributed by atoms with Crippen LogP contribution >= 0.6 is 0 Å². The number of nitrogens with zero attached hydrogens (tertiary/aromatic N) is 3. The largest absolute Gasteiger partial charge is 0.476 e. The van der Waals surface area contributed by atoms with Crippen molar-refractivity contribution in [1.82, 2.24) is 14.9 Å².